The zero-order chi connectivity index (χ0) is 9.90. The summed E-state index contributed by atoms with van der Waals surface area (Å²) in [6.45, 7) is 1.76. The molecule has 0 heterocycles. The largest absolute Gasteiger partial charge is 0.480 e. The number of benzene rings is 1. The molecule has 0 saturated carbocycles. The topological polar surface area (TPSA) is 63.3 Å². The summed E-state index contributed by atoms with van der Waals surface area (Å²) in [6.07, 6.45) is 0.381. The molecule has 0 spiro atoms. The molecule has 1 aromatic carbocycles. The predicted octanol–water partition coefficient (Wildman–Crippen LogP) is 1.76. The summed E-state index contributed by atoms with van der Waals surface area (Å²) in [5, 5.41) is 8.96. The summed E-state index contributed by atoms with van der Waals surface area (Å²) in [6, 6.07) is 8.88. The van der Waals surface area contributed by atoms with Crippen LogP contribution in [-0.2, 0) is 10.3 Å². The molecule has 1 rings (SSSR count). The first-order chi connectivity index (χ1) is 6.11. The Morgan fingerprint density at radius 3 is 2.29 bits per heavy atom. The Kier molecular flexibility index (Phi) is 4.60. The fraction of sp³-hybridized carbons (Fsp3) is 0.300. The Morgan fingerprint density at radius 1 is 1.43 bits per heavy atom. The molecule has 0 bridgehead atoms. The zero-order valence-corrected chi connectivity index (χ0v) is 8.75. The van der Waals surface area contributed by atoms with Gasteiger partial charge in [0.05, 0.1) is 0 Å². The maximum Gasteiger partial charge on any atom is 0.328 e. The van der Waals surface area contributed by atoms with Gasteiger partial charge in [-0.1, -0.05) is 37.3 Å². The van der Waals surface area contributed by atoms with Gasteiger partial charge < -0.3 is 10.8 Å². The van der Waals surface area contributed by atoms with Crippen molar-refractivity contribution in [3.8, 4) is 0 Å². The molecular formula is C10H14ClNO2. The lowest BCUT2D eigenvalue weighted by Crippen LogP contribution is -2.44. The molecule has 78 valence electrons. The van der Waals surface area contributed by atoms with Crippen LogP contribution in [0.5, 0.6) is 0 Å². The maximum atomic E-state index is 10.9. The number of rotatable bonds is 3. The van der Waals surface area contributed by atoms with Crippen LogP contribution < -0.4 is 5.73 Å². The van der Waals surface area contributed by atoms with Gasteiger partial charge in [-0.05, 0) is 12.0 Å². The van der Waals surface area contributed by atoms with Gasteiger partial charge in [-0.25, -0.2) is 4.79 Å². The predicted molar refractivity (Wildman–Crippen MR) is 57.5 cm³/mol. The molecule has 0 saturated heterocycles. The van der Waals surface area contributed by atoms with Crippen LogP contribution in [0, 0.1) is 0 Å². The highest BCUT2D eigenvalue weighted by atomic mass is 35.5. The summed E-state index contributed by atoms with van der Waals surface area (Å²) in [7, 11) is 0. The molecule has 1 aromatic rings. The van der Waals surface area contributed by atoms with Crippen LogP contribution in [0.25, 0.3) is 0 Å². The van der Waals surface area contributed by atoms with E-state index in [9.17, 15) is 4.79 Å². The molecule has 0 radical (unpaired) electrons. The number of halogens is 1. The molecule has 3 nitrogen and oxygen atoms in total. The summed E-state index contributed by atoms with van der Waals surface area (Å²) in [5.74, 6) is -0.985. The minimum absolute atomic E-state index is 0. The normalized spacial score (nSPS) is 13.9. The molecule has 0 unspecified atom stereocenters. The van der Waals surface area contributed by atoms with Crippen LogP contribution in [0.4, 0.5) is 0 Å². The first-order valence-electron chi connectivity index (χ1n) is 4.19. The van der Waals surface area contributed by atoms with E-state index in [0.717, 1.165) is 0 Å². The average molecular weight is 216 g/mol. The van der Waals surface area contributed by atoms with Crippen LogP contribution >= 0.6 is 12.4 Å². The van der Waals surface area contributed by atoms with Gasteiger partial charge in [-0.15, -0.1) is 12.4 Å². The summed E-state index contributed by atoms with van der Waals surface area (Å²) in [5.41, 5.74) is 5.16. The van der Waals surface area contributed by atoms with Crippen molar-refractivity contribution in [1.82, 2.24) is 0 Å². The van der Waals surface area contributed by atoms with Crippen LogP contribution in [0.2, 0.25) is 0 Å². The standard InChI is InChI=1S/C10H13NO2.ClH/c1-2-10(11,9(12)13)8-6-4-3-5-7-8;/h3-7H,2,11H2,1H3,(H,12,13);1H/t10-;/m0./s1. The molecule has 0 aromatic heterocycles. The fourth-order valence-electron chi connectivity index (χ4n) is 1.21. The van der Waals surface area contributed by atoms with Crippen molar-refractivity contribution in [3.05, 3.63) is 35.9 Å². The lowest BCUT2D eigenvalue weighted by Gasteiger charge is -2.23. The third-order valence-corrected chi connectivity index (χ3v) is 2.23. The lowest BCUT2D eigenvalue weighted by atomic mass is 9.89. The third-order valence-electron chi connectivity index (χ3n) is 2.23. The van der Waals surface area contributed by atoms with E-state index in [0.29, 0.717) is 12.0 Å². The number of hydrogen-bond acceptors (Lipinski definition) is 2. The first kappa shape index (κ1) is 12.9. The molecule has 3 N–H and O–H groups in total. The van der Waals surface area contributed by atoms with Gasteiger partial charge >= 0.3 is 5.97 Å². The Bertz CT molecular complexity index is 302. The van der Waals surface area contributed by atoms with E-state index in [-0.39, 0.29) is 12.4 Å². The number of nitrogens with two attached hydrogens (primary N) is 1. The van der Waals surface area contributed by atoms with E-state index >= 15 is 0 Å². The van der Waals surface area contributed by atoms with Gasteiger partial charge in [-0.2, -0.15) is 0 Å². The number of aliphatic carboxylic acids is 1. The molecular weight excluding hydrogens is 202 g/mol. The summed E-state index contributed by atoms with van der Waals surface area (Å²) < 4.78 is 0. The fourth-order valence-corrected chi connectivity index (χ4v) is 1.21. The van der Waals surface area contributed by atoms with E-state index in [1.807, 2.05) is 6.07 Å². The van der Waals surface area contributed by atoms with Gasteiger partial charge in [-0.3, -0.25) is 0 Å². The quantitative estimate of drug-likeness (QED) is 0.808. The van der Waals surface area contributed by atoms with Crippen molar-refractivity contribution in [1.29, 1.82) is 0 Å². The smallest absolute Gasteiger partial charge is 0.328 e. The van der Waals surface area contributed by atoms with Crippen LogP contribution in [-0.4, -0.2) is 11.1 Å². The first-order valence-corrected chi connectivity index (χ1v) is 4.19. The Labute approximate surface area is 89.3 Å². The number of carbonyl (C=O) groups is 1. The zero-order valence-electron chi connectivity index (χ0n) is 7.93. The van der Waals surface area contributed by atoms with Crippen molar-refractivity contribution in [2.45, 2.75) is 18.9 Å². The van der Waals surface area contributed by atoms with E-state index in [1.54, 1.807) is 31.2 Å². The molecule has 14 heavy (non-hydrogen) atoms. The van der Waals surface area contributed by atoms with Crippen LogP contribution in [0.1, 0.15) is 18.9 Å². The van der Waals surface area contributed by atoms with Crippen LogP contribution in [0.15, 0.2) is 30.3 Å². The highest BCUT2D eigenvalue weighted by molar-refractivity contribution is 5.85. The number of hydrogen-bond donors (Lipinski definition) is 2. The van der Waals surface area contributed by atoms with Gasteiger partial charge in [0.15, 0.2) is 0 Å². The van der Waals surface area contributed by atoms with Crippen molar-refractivity contribution < 1.29 is 9.90 Å². The second-order valence-corrected chi connectivity index (χ2v) is 3.00. The monoisotopic (exact) mass is 215 g/mol. The minimum Gasteiger partial charge on any atom is -0.480 e. The van der Waals surface area contributed by atoms with E-state index in [2.05, 4.69) is 0 Å². The minimum atomic E-state index is -1.25. The Hall–Kier alpha value is -1.06. The van der Waals surface area contributed by atoms with Gasteiger partial charge in [0, 0.05) is 0 Å². The van der Waals surface area contributed by atoms with Gasteiger partial charge in [0.2, 0.25) is 0 Å². The SMILES string of the molecule is CC[C@@](N)(C(=O)O)c1ccccc1.Cl. The highest BCUT2D eigenvalue weighted by Gasteiger charge is 2.33. The van der Waals surface area contributed by atoms with Crippen molar-refractivity contribution in [3.63, 3.8) is 0 Å². The molecule has 1 atom stereocenters. The Morgan fingerprint density at radius 2 is 1.93 bits per heavy atom. The third kappa shape index (κ3) is 2.25. The molecule has 0 aliphatic carbocycles. The average Bonchev–Trinajstić information content (AvgIpc) is 2.17. The maximum absolute atomic E-state index is 10.9. The summed E-state index contributed by atoms with van der Waals surface area (Å²) >= 11 is 0. The van der Waals surface area contributed by atoms with Crippen LogP contribution in [0.3, 0.4) is 0 Å². The van der Waals surface area contributed by atoms with Crippen molar-refractivity contribution in [2.24, 2.45) is 5.73 Å². The van der Waals surface area contributed by atoms with Gasteiger partial charge in [0.1, 0.15) is 5.54 Å². The lowest BCUT2D eigenvalue weighted by molar-refractivity contribution is -0.143. The van der Waals surface area contributed by atoms with Gasteiger partial charge in [0.25, 0.3) is 0 Å². The van der Waals surface area contributed by atoms with E-state index in [4.69, 9.17) is 10.8 Å². The molecule has 0 aliphatic heterocycles. The van der Waals surface area contributed by atoms with E-state index < -0.39 is 11.5 Å². The number of carboxylic acids is 1. The molecule has 0 aliphatic rings. The molecule has 0 fully saturated rings. The van der Waals surface area contributed by atoms with E-state index in [1.165, 1.54) is 0 Å². The van der Waals surface area contributed by atoms with Crippen molar-refractivity contribution in [2.75, 3.05) is 0 Å². The highest BCUT2D eigenvalue weighted by Crippen LogP contribution is 2.21. The summed E-state index contributed by atoms with van der Waals surface area (Å²) in [4.78, 5) is 10.9. The second kappa shape index (κ2) is 4.98. The van der Waals surface area contributed by atoms with Crippen molar-refractivity contribution >= 4 is 18.4 Å². The number of carboxylic acid groups (broad SMARTS) is 1. The Balaban J connectivity index is 0.00000169. The molecule has 4 heteroatoms. The second-order valence-electron chi connectivity index (χ2n) is 3.00. The molecule has 0 amide bonds.